The predicted octanol–water partition coefficient (Wildman–Crippen LogP) is 0.0690. The summed E-state index contributed by atoms with van der Waals surface area (Å²) in [6.45, 7) is 4.29. The first kappa shape index (κ1) is 8.48. The first-order valence-electron chi connectivity index (χ1n) is 4.87. The lowest BCUT2D eigenvalue weighted by molar-refractivity contribution is 0.0516. The Morgan fingerprint density at radius 1 is 1.33 bits per heavy atom. The standard InChI is InChI=1S/C9H18N2O/c1-11-5-9(6-11)10-8-3-2-4-12-7-8/h8-10H,2-7H2,1H3. The molecule has 0 amide bonds. The Morgan fingerprint density at radius 3 is 2.75 bits per heavy atom. The Balaban J connectivity index is 1.65. The molecule has 1 unspecified atom stereocenters. The van der Waals surface area contributed by atoms with E-state index in [0.717, 1.165) is 19.3 Å². The minimum Gasteiger partial charge on any atom is -0.380 e. The van der Waals surface area contributed by atoms with Crippen molar-refractivity contribution in [3.05, 3.63) is 0 Å². The van der Waals surface area contributed by atoms with E-state index in [1.165, 1.54) is 25.9 Å². The van der Waals surface area contributed by atoms with Crippen LogP contribution in [0.15, 0.2) is 0 Å². The van der Waals surface area contributed by atoms with Crippen LogP contribution in [0.2, 0.25) is 0 Å². The van der Waals surface area contributed by atoms with E-state index in [1.807, 2.05) is 0 Å². The second-order valence-corrected chi connectivity index (χ2v) is 4.00. The Hall–Kier alpha value is -0.120. The largest absolute Gasteiger partial charge is 0.380 e. The third kappa shape index (κ3) is 1.97. The molecule has 0 aliphatic carbocycles. The van der Waals surface area contributed by atoms with Gasteiger partial charge in [0.1, 0.15) is 0 Å². The molecule has 0 aromatic carbocycles. The molecule has 0 aromatic rings. The summed E-state index contributed by atoms with van der Waals surface area (Å²) in [5.74, 6) is 0. The first-order chi connectivity index (χ1) is 5.84. The minimum absolute atomic E-state index is 0.623. The van der Waals surface area contributed by atoms with Crippen molar-refractivity contribution in [2.75, 3.05) is 33.4 Å². The molecule has 2 aliphatic rings. The zero-order valence-electron chi connectivity index (χ0n) is 7.75. The van der Waals surface area contributed by atoms with E-state index < -0.39 is 0 Å². The molecule has 2 aliphatic heterocycles. The molecule has 0 saturated carbocycles. The number of hydrogen-bond donors (Lipinski definition) is 1. The highest BCUT2D eigenvalue weighted by Gasteiger charge is 2.26. The van der Waals surface area contributed by atoms with E-state index in [0.29, 0.717) is 6.04 Å². The molecule has 0 radical (unpaired) electrons. The van der Waals surface area contributed by atoms with E-state index in [9.17, 15) is 0 Å². The summed E-state index contributed by atoms with van der Waals surface area (Å²) >= 11 is 0. The van der Waals surface area contributed by atoms with E-state index >= 15 is 0 Å². The van der Waals surface area contributed by atoms with Crippen molar-refractivity contribution in [3.8, 4) is 0 Å². The highest BCUT2D eigenvalue weighted by molar-refractivity contribution is 4.86. The Kier molecular flexibility index (Phi) is 2.63. The molecular weight excluding hydrogens is 152 g/mol. The molecule has 70 valence electrons. The van der Waals surface area contributed by atoms with Crippen LogP contribution in [-0.2, 0) is 4.74 Å². The molecule has 2 saturated heterocycles. The van der Waals surface area contributed by atoms with Crippen molar-refractivity contribution in [3.63, 3.8) is 0 Å². The number of rotatable bonds is 2. The van der Waals surface area contributed by atoms with Gasteiger partial charge in [0.2, 0.25) is 0 Å². The molecule has 2 heterocycles. The zero-order chi connectivity index (χ0) is 8.39. The molecule has 1 N–H and O–H groups in total. The second-order valence-electron chi connectivity index (χ2n) is 4.00. The van der Waals surface area contributed by atoms with Gasteiger partial charge >= 0.3 is 0 Å². The van der Waals surface area contributed by atoms with Gasteiger partial charge in [-0.1, -0.05) is 0 Å². The molecule has 3 nitrogen and oxygen atoms in total. The third-order valence-electron chi connectivity index (χ3n) is 2.70. The Morgan fingerprint density at radius 2 is 2.17 bits per heavy atom. The molecule has 2 rings (SSSR count). The van der Waals surface area contributed by atoms with E-state index in [2.05, 4.69) is 17.3 Å². The molecular formula is C9H18N2O. The molecule has 0 bridgehead atoms. The van der Waals surface area contributed by atoms with Gasteiger partial charge in [0.25, 0.3) is 0 Å². The summed E-state index contributed by atoms with van der Waals surface area (Å²) in [6, 6.07) is 1.35. The summed E-state index contributed by atoms with van der Waals surface area (Å²) in [7, 11) is 2.16. The maximum Gasteiger partial charge on any atom is 0.0619 e. The van der Waals surface area contributed by atoms with Gasteiger partial charge in [-0.2, -0.15) is 0 Å². The number of nitrogens with zero attached hydrogens (tertiary/aromatic N) is 1. The van der Waals surface area contributed by atoms with Crippen LogP contribution in [0.25, 0.3) is 0 Å². The summed E-state index contributed by atoms with van der Waals surface area (Å²) in [5.41, 5.74) is 0. The fourth-order valence-electron chi connectivity index (χ4n) is 2.01. The van der Waals surface area contributed by atoms with E-state index in [1.54, 1.807) is 0 Å². The van der Waals surface area contributed by atoms with Gasteiger partial charge in [-0.3, -0.25) is 0 Å². The molecule has 0 spiro atoms. The van der Waals surface area contributed by atoms with Gasteiger partial charge in [0.05, 0.1) is 6.61 Å². The summed E-state index contributed by atoms with van der Waals surface area (Å²) in [5, 5.41) is 3.62. The fourth-order valence-corrected chi connectivity index (χ4v) is 2.01. The number of hydrogen-bond acceptors (Lipinski definition) is 3. The molecule has 12 heavy (non-hydrogen) atoms. The number of nitrogens with one attached hydrogen (secondary N) is 1. The van der Waals surface area contributed by atoms with Crippen LogP contribution in [0.5, 0.6) is 0 Å². The summed E-state index contributed by atoms with van der Waals surface area (Å²) < 4.78 is 5.40. The highest BCUT2D eigenvalue weighted by atomic mass is 16.5. The van der Waals surface area contributed by atoms with Gasteiger partial charge < -0.3 is 15.0 Å². The molecule has 2 fully saturated rings. The minimum atomic E-state index is 0.623. The molecule has 3 heteroatoms. The number of likely N-dealkylation sites (N-methyl/N-ethyl adjacent to an activating group) is 1. The maximum atomic E-state index is 5.40. The lowest BCUT2D eigenvalue weighted by Crippen LogP contribution is -2.59. The second kappa shape index (κ2) is 3.73. The van der Waals surface area contributed by atoms with Crippen molar-refractivity contribution in [1.29, 1.82) is 0 Å². The molecule has 1 atom stereocenters. The first-order valence-corrected chi connectivity index (χ1v) is 4.87. The van der Waals surface area contributed by atoms with Gasteiger partial charge in [-0.25, -0.2) is 0 Å². The topological polar surface area (TPSA) is 24.5 Å². The Labute approximate surface area is 74.1 Å². The van der Waals surface area contributed by atoms with Crippen LogP contribution < -0.4 is 5.32 Å². The van der Waals surface area contributed by atoms with Gasteiger partial charge in [-0.15, -0.1) is 0 Å². The SMILES string of the molecule is CN1CC(NC2CCCOC2)C1. The zero-order valence-corrected chi connectivity index (χ0v) is 7.75. The molecule has 0 aromatic heterocycles. The van der Waals surface area contributed by atoms with Crippen LogP contribution in [0.4, 0.5) is 0 Å². The smallest absolute Gasteiger partial charge is 0.0619 e. The van der Waals surface area contributed by atoms with E-state index in [4.69, 9.17) is 4.74 Å². The fraction of sp³-hybridized carbons (Fsp3) is 1.00. The van der Waals surface area contributed by atoms with Crippen molar-refractivity contribution in [1.82, 2.24) is 10.2 Å². The van der Waals surface area contributed by atoms with E-state index in [-0.39, 0.29) is 0 Å². The van der Waals surface area contributed by atoms with Crippen molar-refractivity contribution in [2.24, 2.45) is 0 Å². The van der Waals surface area contributed by atoms with Crippen molar-refractivity contribution < 1.29 is 4.74 Å². The van der Waals surface area contributed by atoms with Crippen LogP contribution in [0.1, 0.15) is 12.8 Å². The Bertz CT molecular complexity index is 139. The van der Waals surface area contributed by atoms with Gasteiger partial charge in [-0.05, 0) is 19.9 Å². The summed E-state index contributed by atoms with van der Waals surface area (Å²) in [6.07, 6.45) is 2.51. The van der Waals surface area contributed by atoms with Gasteiger partial charge in [0.15, 0.2) is 0 Å². The van der Waals surface area contributed by atoms with Crippen molar-refractivity contribution >= 4 is 0 Å². The van der Waals surface area contributed by atoms with Crippen molar-refractivity contribution in [2.45, 2.75) is 24.9 Å². The average Bonchev–Trinajstić information content (AvgIpc) is 2.04. The third-order valence-corrected chi connectivity index (χ3v) is 2.70. The monoisotopic (exact) mass is 170 g/mol. The lowest BCUT2D eigenvalue weighted by Gasteiger charge is -2.39. The quantitative estimate of drug-likeness (QED) is 0.634. The van der Waals surface area contributed by atoms with Crippen LogP contribution in [0, 0.1) is 0 Å². The van der Waals surface area contributed by atoms with Gasteiger partial charge in [0, 0.05) is 31.8 Å². The number of likely N-dealkylation sites (tertiary alicyclic amines) is 1. The van der Waals surface area contributed by atoms with Crippen LogP contribution in [0.3, 0.4) is 0 Å². The maximum absolute atomic E-state index is 5.40. The van der Waals surface area contributed by atoms with Crippen LogP contribution in [-0.4, -0.2) is 50.3 Å². The lowest BCUT2D eigenvalue weighted by atomic mass is 10.1. The number of ether oxygens (including phenoxy) is 1. The summed E-state index contributed by atoms with van der Waals surface area (Å²) in [4.78, 5) is 2.33. The average molecular weight is 170 g/mol. The predicted molar refractivity (Wildman–Crippen MR) is 48.3 cm³/mol. The van der Waals surface area contributed by atoms with Crippen LogP contribution >= 0.6 is 0 Å². The normalized spacial score (nSPS) is 33.2. The highest BCUT2D eigenvalue weighted by Crippen LogP contribution is 2.10.